The van der Waals surface area contributed by atoms with E-state index in [2.05, 4.69) is 9.97 Å². The van der Waals surface area contributed by atoms with Crippen LogP contribution in [0.2, 0.25) is 0 Å². The quantitative estimate of drug-likeness (QED) is 0.892. The van der Waals surface area contributed by atoms with Gasteiger partial charge in [0.15, 0.2) is 0 Å². The van der Waals surface area contributed by atoms with Crippen LogP contribution in [0.1, 0.15) is 22.9 Å². The Morgan fingerprint density at radius 2 is 2.00 bits per heavy atom. The number of rotatable bonds is 4. The first-order valence-electron chi connectivity index (χ1n) is 5.72. The summed E-state index contributed by atoms with van der Waals surface area (Å²) in [5.41, 5.74) is 1.84. The second-order valence-corrected chi connectivity index (χ2v) is 4.17. The Hall–Kier alpha value is -2.23. The summed E-state index contributed by atoms with van der Waals surface area (Å²) < 4.78 is 0. The van der Waals surface area contributed by atoms with Crippen molar-refractivity contribution in [1.29, 1.82) is 0 Å². The summed E-state index contributed by atoms with van der Waals surface area (Å²) in [6.45, 7) is 1.95. The monoisotopic (exact) mass is 242 g/mol. The van der Waals surface area contributed by atoms with Crippen LogP contribution in [-0.2, 0) is 11.2 Å². The lowest BCUT2D eigenvalue weighted by atomic mass is 9.94. The third kappa shape index (κ3) is 2.91. The average Bonchev–Trinajstić information content (AvgIpc) is 2.37. The van der Waals surface area contributed by atoms with Gasteiger partial charge in [-0.3, -0.25) is 4.79 Å². The predicted octanol–water partition coefficient (Wildman–Crippen LogP) is 2.20. The number of hydrogen-bond donors (Lipinski definition) is 1. The number of carbonyl (C=O) groups is 1. The van der Waals surface area contributed by atoms with Gasteiger partial charge in [-0.05, 0) is 18.6 Å². The Morgan fingerprint density at radius 1 is 1.28 bits per heavy atom. The minimum atomic E-state index is -0.854. The molecule has 1 N–H and O–H groups in total. The van der Waals surface area contributed by atoms with Gasteiger partial charge in [-0.2, -0.15) is 0 Å². The maximum Gasteiger partial charge on any atom is 0.311 e. The molecule has 0 fully saturated rings. The van der Waals surface area contributed by atoms with Crippen LogP contribution in [0.3, 0.4) is 0 Å². The van der Waals surface area contributed by atoms with Gasteiger partial charge < -0.3 is 5.11 Å². The fraction of sp³-hybridized carbons (Fsp3) is 0.214. The van der Waals surface area contributed by atoms with Crippen molar-refractivity contribution >= 4 is 5.97 Å². The van der Waals surface area contributed by atoms with Crippen molar-refractivity contribution < 1.29 is 9.90 Å². The number of carboxylic acid groups (broad SMARTS) is 1. The zero-order valence-corrected chi connectivity index (χ0v) is 10.1. The molecule has 1 aromatic heterocycles. The van der Waals surface area contributed by atoms with Crippen LogP contribution in [0.4, 0.5) is 0 Å². The van der Waals surface area contributed by atoms with Crippen molar-refractivity contribution in [3.05, 3.63) is 59.7 Å². The van der Waals surface area contributed by atoms with Crippen LogP contribution in [0.25, 0.3) is 0 Å². The topological polar surface area (TPSA) is 63.1 Å². The van der Waals surface area contributed by atoms with Gasteiger partial charge in [-0.1, -0.05) is 29.8 Å². The summed E-state index contributed by atoms with van der Waals surface area (Å²) in [7, 11) is 0. The summed E-state index contributed by atoms with van der Waals surface area (Å²) >= 11 is 0. The Bertz CT molecular complexity index is 541. The molecule has 18 heavy (non-hydrogen) atoms. The van der Waals surface area contributed by atoms with E-state index in [9.17, 15) is 9.90 Å². The van der Waals surface area contributed by atoms with E-state index in [1.165, 1.54) is 0 Å². The van der Waals surface area contributed by atoms with E-state index in [1.807, 2.05) is 31.2 Å². The van der Waals surface area contributed by atoms with E-state index in [0.29, 0.717) is 12.2 Å². The Morgan fingerprint density at radius 3 is 2.61 bits per heavy atom. The van der Waals surface area contributed by atoms with Crippen LogP contribution in [0.15, 0.2) is 42.7 Å². The highest BCUT2D eigenvalue weighted by Gasteiger charge is 2.21. The van der Waals surface area contributed by atoms with Crippen LogP contribution in [0, 0.1) is 6.92 Å². The van der Waals surface area contributed by atoms with Gasteiger partial charge in [-0.15, -0.1) is 0 Å². The second-order valence-electron chi connectivity index (χ2n) is 4.17. The standard InChI is InChI=1S/C14H14N2O2/c1-10-4-2-5-11(8-10)12(14(17)18)9-13-15-6-3-7-16-13/h2-8,12H,9H2,1H3,(H,17,18). The number of aliphatic carboxylic acids is 1. The largest absolute Gasteiger partial charge is 0.481 e. The fourth-order valence-corrected chi connectivity index (χ4v) is 1.85. The van der Waals surface area contributed by atoms with Crippen molar-refractivity contribution in [3.8, 4) is 0 Å². The lowest BCUT2D eigenvalue weighted by Crippen LogP contribution is -2.16. The van der Waals surface area contributed by atoms with Gasteiger partial charge in [-0.25, -0.2) is 9.97 Å². The molecule has 1 unspecified atom stereocenters. The lowest BCUT2D eigenvalue weighted by molar-refractivity contribution is -0.138. The smallest absolute Gasteiger partial charge is 0.311 e. The summed E-state index contributed by atoms with van der Waals surface area (Å²) in [5.74, 6) is -0.910. The van der Waals surface area contributed by atoms with E-state index in [1.54, 1.807) is 18.5 Å². The second kappa shape index (κ2) is 5.40. The molecular formula is C14H14N2O2. The molecule has 0 bridgehead atoms. The fourth-order valence-electron chi connectivity index (χ4n) is 1.85. The SMILES string of the molecule is Cc1cccc(C(Cc2ncccn2)C(=O)O)c1. The normalized spacial score (nSPS) is 12.1. The van der Waals surface area contributed by atoms with E-state index >= 15 is 0 Å². The first-order chi connectivity index (χ1) is 8.66. The number of carboxylic acids is 1. The van der Waals surface area contributed by atoms with Gasteiger partial charge in [0.25, 0.3) is 0 Å². The Kier molecular flexibility index (Phi) is 3.67. The van der Waals surface area contributed by atoms with Crippen LogP contribution >= 0.6 is 0 Å². The molecule has 0 aliphatic carbocycles. The average molecular weight is 242 g/mol. The molecular weight excluding hydrogens is 228 g/mol. The zero-order chi connectivity index (χ0) is 13.0. The molecule has 2 aromatic rings. The van der Waals surface area contributed by atoms with Crippen molar-refractivity contribution in [2.45, 2.75) is 19.3 Å². The zero-order valence-electron chi connectivity index (χ0n) is 10.1. The number of aromatic nitrogens is 2. The summed E-state index contributed by atoms with van der Waals surface area (Å²) in [4.78, 5) is 19.5. The minimum absolute atomic E-state index is 0.305. The maximum atomic E-state index is 11.4. The van der Waals surface area contributed by atoms with E-state index < -0.39 is 11.9 Å². The van der Waals surface area contributed by atoms with Crippen LogP contribution < -0.4 is 0 Å². The Balaban J connectivity index is 2.27. The van der Waals surface area contributed by atoms with Crippen molar-refractivity contribution in [1.82, 2.24) is 9.97 Å². The molecule has 0 radical (unpaired) electrons. The summed E-state index contributed by atoms with van der Waals surface area (Å²) in [6.07, 6.45) is 3.55. The summed E-state index contributed by atoms with van der Waals surface area (Å²) in [5, 5.41) is 9.32. The summed E-state index contributed by atoms with van der Waals surface area (Å²) in [6, 6.07) is 9.25. The lowest BCUT2D eigenvalue weighted by Gasteiger charge is -2.12. The Labute approximate surface area is 105 Å². The van der Waals surface area contributed by atoms with Crippen LogP contribution in [-0.4, -0.2) is 21.0 Å². The van der Waals surface area contributed by atoms with Crippen LogP contribution in [0.5, 0.6) is 0 Å². The molecule has 0 spiro atoms. The van der Waals surface area contributed by atoms with Gasteiger partial charge in [0.05, 0.1) is 5.92 Å². The molecule has 1 heterocycles. The molecule has 0 saturated carbocycles. The molecule has 1 aromatic carbocycles. The third-order valence-electron chi connectivity index (χ3n) is 2.75. The number of aryl methyl sites for hydroxylation is 1. The molecule has 2 rings (SSSR count). The van der Waals surface area contributed by atoms with Gasteiger partial charge in [0, 0.05) is 18.8 Å². The molecule has 1 atom stereocenters. The number of nitrogens with zero attached hydrogens (tertiary/aromatic N) is 2. The van der Waals surface area contributed by atoms with E-state index in [-0.39, 0.29) is 0 Å². The minimum Gasteiger partial charge on any atom is -0.481 e. The van der Waals surface area contributed by atoms with Gasteiger partial charge in [0.2, 0.25) is 0 Å². The van der Waals surface area contributed by atoms with Crippen molar-refractivity contribution in [2.24, 2.45) is 0 Å². The van der Waals surface area contributed by atoms with Gasteiger partial charge in [0.1, 0.15) is 5.82 Å². The molecule has 92 valence electrons. The highest BCUT2D eigenvalue weighted by Crippen LogP contribution is 2.20. The molecule has 0 aliphatic rings. The van der Waals surface area contributed by atoms with E-state index in [0.717, 1.165) is 11.1 Å². The van der Waals surface area contributed by atoms with Gasteiger partial charge >= 0.3 is 5.97 Å². The van der Waals surface area contributed by atoms with Crippen molar-refractivity contribution in [3.63, 3.8) is 0 Å². The highest BCUT2D eigenvalue weighted by atomic mass is 16.4. The molecule has 4 heteroatoms. The molecule has 4 nitrogen and oxygen atoms in total. The highest BCUT2D eigenvalue weighted by molar-refractivity contribution is 5.76. The van der Waals surface area contributed by atoms with E-state index in [4.69, 9.17) is 0 Å². The van der Waals surface area contributed by atoms with Crippen molar-refractivity contribution in [2.75, 3.05) is 0 Å². The maximum absolute atomic E-state index is 11.4. The molecule has 0 aliphatic heterocycles. The number of benzene rings is 1. The molecule has 0 saturated heterocycles. The predicted molar refractivity (Wildman–Crippen MR) is 67.3 cm³/mol. The molecule has 0 amide bonds. The number of hydrogen-bond acceptors (Lipinski definition) is 3. The first-order valence-corrected chi connectivity index (χ1v) is 5.72. The third-order valence-corrected chi connectivity index (χ3v) is 2.75. The first kappa shape index (κ1) is 12.2.